The number of nitrogens with zero attached hydrogens (tertiary/aromatic N) is 1. The van der Waals surface area contributed by atoms with Crippen molar-refractivity contribution in [3.63, 3.8) is 0 Å². The van der Waals surface area contributed by atoms with Crippen LogP contribution in [0, 0.1) is 16.7 Å². The summed E-state index contributed by atoms with van der Waals surface area (Å²) in [7, 11) is 0. The minimum atomic E-state index is -0.749. The molecule has 6 nitrogen and oxygen atoms in total. The van der Waals surface area contributed by atoms with Crippen molar-refractivity contribution in [1.29, 1.82) is 5.26 Å². The van der Waals surface area contributed by atoms with Gasteiger partial charge in [-0.05, 0) is 45.9 Å². The number of hydrogen-bond acceptors (Lipinski definition) is 5. The van der Waals surface area contributed by atoms with Crippen molar-refractivity contribution in [2.24, 2.45) is 5.41 Å². The second kappa shape index (κ2) is 8.18. The molecule has 1 amide bonds. The molecule has 6 heteroatoms. The van der Waals surface area contributed by atoms with Crippen molar-refractivity contribution in [2.75, 3.05) is 23.8 Å². The molecule has 0 aliphatic carbocycles. The van der Waals surface area contributed by atoms with Gasteiger partial charge in [0.25, 0.3) is 0 Å². The maximum atomic E-state index is 12.1. The lowest BCUT2D eigenvalue weighted by Crippen LogP contribution is -2.21. The van der Waals surface area contributed by atoms with Gasteiger partial charge in [0.1, 0.15) is 0 Å². The molecule has 0 bridgehead atoms. The van der Waals surface area contributed by atoms with Gasteiger partial charge < -0.3 is 15.4 Å². The van der Waals surface area contributed by atoms with Gasteiger partial charge in [-0.2, -0.15) is 5.26 Å². The number of esters is 1. The van der Waals surface area contributed by atoms with Crippen molar-refractivity contribution < 1.29 is 14.3 Å². The number of nitrogens with one attached hydrogen (secondary N) is 2. The number of amides is 1. The Bertz CT molecular complexity index is 618. The van der Waals surface area contributed by atoms with E-state index in [0.29, 0.717) is 23.5 Å². The highest BCUT2D eigenvalue weighted by molar-refractivity contribution is 5.98. The van der Waals surface area contributed by atoms with Gasteiger partial charge in [-0.15, -0.1) is 0 Å². The van der Waals surface area contributed by atoms with Crippen LogP contribution in [0.25, 0.3) is 0 Å². The fourth-order valence-corrected chi connectivity index (χ4v) is 1.97. The van der Waals surface area contributed by atoms with Crippen LogP contribution < -0.4 is 10.6 Å². The number of rotatable bonds is 7. The third kappa shape index (κ3) is 5.62. The van der Waals surface area contributed by atoms with Crippen molar-refractivity contribution >= 4 is 23.3 Å². The van der Waals surface area contributed by atoms with E-state index in [4.69, 9.17) is 10.00 Å². The van der Waals surface area contributed by atoms with E-state index >= 15 is 0 Å². The SMILES string of the molecule is CCNc1ccc(C(=O)OCC)cc1NC(=O)CC(C)(C)C#N. The molecule has 0 fully saturated rings. The van der Waals surface area contributed by atoms with Gasteiger partial charge in [-0.25, -0.2) is 4.79 Å². The Morgan fingerprint density at radius 2 is 1.96 bits per heavy atom. The summed E-state index contributed by atoms with van der Waals surface area (Å²) >= 11 is 0. The topological polar surface area (TPSA) is 91.2 Å². The Morgan fingerprint density at radius 3 is 2.52 bits per heavy atom. The number of carbonyl (C=O) groups excluding carboxylic acids is 2. The smallest absolute Gasteiger partial charge is 0.338 e. The average Bonchev–Trinajstić information content (AvgIpc) is 2.49. The molecule has 0 radical (unpaired) electrons. The van der Waals surface area contributed by atoms with Gasteiger partial charge in [-0.1, -0.05) is 0 Å². The maximum Gasteiger partial charge on any atom is 0.338 e. The Balaban J connectivity index is 3.01. The molecule has 0 saturated carbocycles. The Hall–Kier alpha value is -2.55. The summed E-state index contributed by atoms with van der Waals surface area (Å²) in [6, 6.07) is 7.04. The van der Waals surface area contributed by atoms with E-state index in [9.17, 15) is 9.59 Å². The predicted molar refractivity (Wildman–Crippen MR) is 89.2 cm³/mol. The van der Waals surface area contributed by atoms with Gasteiger partial charge in [0.2, 0.25) is 5.91 Å². The van der Waals surface area contributed by atoms with Crippen LogP contribution in [0.4, 0.5) is 11.4 Å². The molecule has 0 heterocycles. The van der Waals surface area contributed by atoms with E-state index in [0.717, 1.165) is 0 Å². The van der Waals surface area contributed by atoms with Crippen LogP contribution in [-0.2, 0) is 9.53 Å². The lowest BCUT2D eigenvalue weighted by atomic mass is 9.91. The molecule has 0 aliphatic heterocycles. The van der Waals surface area contributed by atoms with Crippen molar-refractivity contribution in [1.82, 2.24) is 0 Å². The van der Waals surface area contributed by atoms with Crippen LogP contribution in [0.15, 0.2) is 18.2 Å². The van der Waals surface area contributed by atoms with Crippen molar-refractivity contribution in [3.05, 3.63) is 23.8 Å². The number of ether oxygens (including phenoxy) is 1. The summed E-state index contributed by atoms with van der Waals surface area (Å²) in [5.41, 5.74) is 0.824. The van der Waals surface area contributed by atoms with Gasteiger partial charge in [0.05, 0.1) is 35.0 Å². The molecule has 0 atom stereocenters. The molecule has 0 aromatic heterocycles. The molecular formula is C17H23N3O3. The van der Waals surface area contributed by atoms with Crippen molar-refractivity contribution in [2.45, 2.75) is 34.1 Å². The molecule has 0 unspecified atom stereocenters. The first-order valence-electron chi connectivity index (χ1n) is 7.59. The minimum Gasteiger partial charge on any atom is -0.462 e. The maximum absolute atomic E-state index is 12.1. The molecule has 0 spiro atoms. The number of carbonyl (C=O) groups is 2. The van der Waals surface area contributed by atoms with Crippen LogP contribution >= 0.6 is 0 Å². The highest BCUT2D eigenvalue weighted by Crippen LogP contribution is 2.26. The Kier molecular flexibility index (Phi) is 6.58. The number of hydrogen-bond donors (Lipinski definition) is 2. The summed E-state index contributed by atoms with van der Waals surface area (Å²) in [6.45, 7) is 8.03. The number of anilines is 2. The quantitative estimate of drug-likeness (QED) is 0.754. The van der Waals surface area contributed by atoms with Crippen LogP contribution in [0.1, 0.15) is 44.5 Å². The first-order valence-corrected chi connectivity index (χ1v) is 7.59. The van der Waals surface area contributed by atoms with E-state index in [1.54, 1.807) is 39.0 Å². The zero-order chi connectivity index (χ0) is 17.5. The van der Waals surface area contributed by atoms with Crippen LogP contribution in [0.3, 0.4) is 0 Å². The Labute approximate surface area is 136 Å². The highest BCUT2D eigenvalue weighted by Gasteiger charge is 2.22. The molecule has 2 N–H and O–H groups in total. The summed E-state index contributed by atoms with van der Waals surface area (Å²) < 4.78 is 4.97. The molecule has 23 heavy (non-hydrogen) atoms. The molecule has 1 aromatic carbocycles. The van der Waals surface area contributed by atoms with Gasteiger partial charge >= 0.3 is 5.97 Å². The van der Waals surface area contributed by atoms with Crippen LogP contribution in [0.5, 0.6) is 0 Å². The van der Waals surface area contributed by atoms with E-state index in [1.165, 1.54) is 0 Å². The zero-order valence-corrected chi connectivity index (χ0v) is 14.0. The largest absolute Gasteiger partial charge is 0.462 e. The lowest BCUT2D eigenvalue weighted by Gasteiger charge is -2.17. The average molecular weight is 317 g/mol. The summed E-state index contributed by atoms with van der Waals surface area (Å²) in [6.07, 6.45) is 0.0682. The first kappa shape index (κ1) is 18.5. The molecule has 124 valence electrons. The van der Waals surface area contributed by atoms with Crippen LogP contribution in [0.2, 0.25) is 0 Å². The summed E-state index contributed by atoms with van der Waals surface area (Å²) in [5.74, 6) is -0.722. The third-order valence-corrected chi connectivity index (χ3v) is 3.08. The monoisotopic (exact) mass is 317 g/mol. The second-order valence-electron chi connectivity index (χ2n) is 5.73. The number of nitriles is 1. The van der Waals surface area contributed by atoms with E-state index < -0.39 is 11.4 Å². The van der Waals surface area contributed by atoms with Crippen molar-refractivity contribution in [3.8, 4) is 6.07 Å². The molecular weight excluding hydrogens is 294 g/mol. The fourth-order valence-electron chi connectivity index (χ4n) is 1.97. The lowest BCUT2D eigenvalue weighted by molar-refractivity contribution is -0.117. The van der Waals surface area contributed by atoms with Gasteiger partial charge in [0.15, 0.2) is 0 Å². The zero-order valence-electron chi connectivity index (χ0n) is 14.0. The van der Waals surface area contributed by atoms with Crippen LogP contribution in [-0.4, -0.2) is 25.0 Å². The first-order chi connectivity index (χ1) is 10.8. The second-order valence-corrected chi connectivity index (χ2v) is 5.73. The molecule has 0 aliphatic rings. The van der Waals surface area contributed by atoms with E-state index in [1.807, 2.05) is 6.92 Å². The van der Waals surface area contributed by atoms with E-state index in [2.05, 4.69) is 16.7 Å². The third-order valence-electron chi connectivity index (χ3n) is 3.08. The molecule has 1 aromatic rings. The van der Waals surface area contributed by atoms with Gasteiger partial charge in [0, 0.05) is 13.0 Å². The molecule has 0 saturated heterocycles. The number of benzene rings is 1. The summed E-state index contributed by atoms with van der Waals surface area (Å²) in [5, 5.41) is 14.9. The Morgan fingerprint density at radius 1 is 1.26 bits per heavy atom. The normalized spacial score (nSPS) is 10.6. The highest BCUT2D eigenvalue weighted by atomic mass is 16.5. The molecule has 1 rings (SSSR count). The van der Waals surface area contributed by atoms with E-state index in [-0.39, 0.29) is 18.9 Å². The fraction of sp³-hybridized carbons (Fsp3) is 0.471. The summed E-state index contributed by atoms with van der Waals surface area (Å²) in [4.78, 5) is 24.0. The van der Waals surface area contributed by atoms with Gasteiger partial charge in [-0.3, -0.25) is 4.79 Å². The predicted octanol–water partition coefficient (Wildman–Crippen LogP) is 3.17. The standard InChI is InChI=1S/C17H23N3O3/c1-5-19-13-8-7-12(16(22)23-6-2)9-14(13)20-15(21)10-17(3,4)11-18/h7-9,19H,5-6,10H2,1-4H3,(H,20,21). The minimum absolute atomic E-state index is 0.0682.